The number of thioether (sulfide) groups is 1. The third kappa shape index (κ3) is 5.48. The van der Waals surface area contributed by atoms with Gasteiger partial charge in [-0.3, -0.25) is 4.79 Å². The summed E-state index contributed by atoms with van der Waals surface area (Å²) in [6.45, 7) is 5.74. The molecule has 0 radical (unpaired) electrons. The smallest absolute Gasteiger partial charge is 0.279 e. The first-order chi connectivity index (χ1) is 12.6. The van der Waals surface area contributed by atoms with Crippen molar-refractivity contribution in [2.75, 3.05) is 44.3 Å². The van der Waals surface area contributed by atoms with Crippen molar-refractivity contribution < 1.29 is 14.6 Å². The SMILES string of the molecule is CSc1ccccc1NC(=O)C[NH+]1CC[NH+](Cc2cccc(Cl)c2)CC1. The van der Waals surface area contributed by atoms with E-state index in [1.165, 1.54) is 10.5 Å². The molecule has 3 N–H and O–H groups in total. The van der Waals surface area contributed by atoms with E-state index in [4.69, 9.17) is 11.6 Å². The average Bonchev–Trinajstić information content (AvgIpc) is 2.64. The minimum absolute atomic E-state index is 0.0970. The van der Waals surface area contributed by atoms with E-state index in [0.29, 0.717) is 6.54 Å². The van der Waals surface area contributed by atoms with Crippen LogP contribution in [0.1, 0.15) is 5.56 Å². The van der Waals surface area contributed by atoms with Crippen molar-refractivity contribution in [2.45, 2.75) is 11.4 Å². The molecule has 1 heterocycles. The summed E-state index contributed by atoms with van der Waals surface area (Å²) in [6, 6.07) is 16.1. The van der Waals surface area contributed by atoms with Gasteiger partial charge in [-0.25, -0.2) is 0 Å². The minimum atomic E-state index is 0.0970. The number of hydrogen-bond donors (Lipinski definition) is 3. The molecule has 0 spiro atoms. The van der Waals surface area contributed by atoms with Crippen molar-refractivity contribution in [1.82, 2.24) is 0 Å². The second-order valence-corrected chi connectivity index (χ2v) is 8.02. The van der Waals surface area contributed by atoms with E-state index in [2.05, 4.69) is 11.4 Å². The average molecular weight is 392 g/mol. The lowest BCUT2D eigenvalue weighted by molar-refractivity contribution is -1.02. The van der Waals surface area contributed by atoms with Gasteiger partial charge in [-0.1, -0.05) is 35.9 Å². The predicted octanol–water partition coefficient (Wildman–Crippen LogP) is 0.984. The number of hydrogen-bond acceptors (Lipinski definition) is 2. The van der Waals surface area contributed by atoms with Crippen LogP contribution in [0.25, 0.3) is 0 Å². The normalized spacial score (nSPS) is 19.9. The molecule has 0 atom stereocenters. The minimum Gasteiger partial charge on any atom is -0.322 e. The van der Waals surface area contributed by atoms with E-state index in [-0.39, 0.29) is 5.91 Å². The van der Waals surface area contributed by atoms with Gasteiger partial charge in [0.2, 0.25) is 0 Å². The Morgan fingerprint density at radius 1 is 1.08 bits per heavy atom. The highest BCUT2D eigenvalue weighted by atomic mass is 35.5. The van der Waals surface area contributed by atoms with Gasteiger partial charge in [0.15, 0.2) is 6.54 Å². The molecule has 2 aromatic carbocycles. The van der Waals surface area contributed by atoms with E-state index >= 15 is 0 Å². The zero-order chi connectivity index (χ0) is 18.4. The Morgan fingerprint density at radius 3 is 2.54 bits per heavy atom. The molecule has 1 aliphatic rings. The second-order valence-electron chi connectivity index (χ2n) is 6.73. The first-order valence-corrected chi connectivity index (χ1v) is 10.6. The molecule has 2 aromatic rings. The second kappa shape index (κ2) is 9.42. The van der Waals surface area contributed by atoms with Crippen LogP contribution in [0, 0.1) is 0 Å². The summed E-state index contributed by atoms with van der Waals surface area (Å²) in [5.41, 5.74) is 2.19. The van der Waals surface area contributed by atoms with Crippen LogP contribution in [-0.4, -0.2) is 44.9 Å². The van der Waals surface area contributed by atoms with Crippen molar-refractivity contribution in [1.29, 1.82) is 0 Å². The van der Waals surface area contributed by atoms with Gasteiger partial charge in [0.25, 0.3) is 5.91 Å². The first kappa shape index (κ1) is 19.2. The monoisotopic (exact) mass is 391 g/mol. The molecule has 0 bridgehead atoms. The molecular formula is C20H26ClN3OS+2. The Morgan fingerprint density at radius 2 is 1.81 bits per heavy atom. The van der Waals surface area contributed by atoms with Crippen molar-refractivity contribution >= 4 is 35.0 Å². The zero-order valence-electron chi connectivity index (χ0n) is 15.1. The first-order valence-electron chi connectivity index (χ1n) is 8.98. The van der Waals surface area contributed by atoms with Crippen LogP contribution >= 0.6 is 23.4 Å². The molecule has 1 fully saturated rings. The third-order valence-electron chi connectivity index (χ3n) is 4.80. The molecule has 1 aliphatic heterocycles. The van der Waals surface area contributed by atoms with Crippen LogP contribution in [0.15, 0.2) is 53.4 Å². The number of halogens is 1. The van der Waals surface area contributed by atoms with Gasteiger partial charge in [-0.05, 0) is 30.5 Å². The van der Waals surface area contributed by atoms with Crippen molar-refractivity contribution in [2.24, 2.45) is 0 Å². The molecule has 1 saturated heterocycles. The lowest BCUT2D eigenvalue weighted by Gasteiger charge is -2.29. The molecule has 1 amide bonds. The maximum atomic E-state index is 12.4. The number of para-hydroxylation sites is 1. The summed E-state index contributed by atoms with van der Waals surface area (Å²) >= 11 is 7.72. The van der Waals surface area contributed by atoms with Crippen LogP contribution in [0.5, 0.6) is 0 Å². The topological polar surface area (TPSA) is 38.0 Å². The fourth-order valence-electron chi connectivity index (χ4n) is 3.42. The maximum absolute atomic E-state index is 12.4. The number of nitrogens with one attached hydrogen (secondary N) is 3. The number of quaternary nitrogens is 2. The number of piperazine rings is 1. The Kier molecular flexibility index (Phi) is 6.97. The summed E-state index contributed by atoms with van der Waals surface area (Å²) in [6.07, 6.45) is 2.03. The van der Waals surface area contributed by atoms with Gasteiger partial charge < -0.3 is 15.1 Å². The molecule has 6 heteroatoms. The van der Waals surface area contributed by atoms with Gasteiger partial charge in [0.05, 0.1) is 5.69 Å². The van der Waals surface area contributed by atoms with Crippen LogP contribution in [0.4, 0.5) is 5.69 Å². The molecular weight excluding hydrogens is 366 g/mol. The fraction of sp³-hybridized carbons (Fsp3) is 0.350. The molecule has 0 saturated carbocycles. The van der Waals surface area contributed by atoms with Gasteiger partial charge in [0, 0.05) is 15.5 Å². The number of amides is 1. The molecule has 0 aliphatic carbocycles. The highest BCUT2D eigenvalue weighted by Gasteiger charge is 2.25. The summed E-state index contributed by atoms with van der Waals surface area (Å²) in [7, 11) is 0. The number of carbonyl (C=O) groups excluding carboxylic acids is 1. The molecule has 0 unspecified atom stereocenters. The lowest BCUT2D eigenvalue weighted by Crippen LogP contribution is -3.28. The molecule has 3 rings (SSSR count). The summed E-state index contributed by atoms with van der Waals surface area (Å²) in [5.74, 6) is 0.0970. The number of carbonyl (C=O) groups is 1. The summed E-state index contributed by atoms with van der Waals surface area (Å²) in [5, 5.41) is 3.86. The Hall–Kier alpha value is -1.53. The van der Waals surface area contributed by atoms with Crippen LogP contribution in [0.2, 0.25) is 5.02 Å². The lowest BCUT2D eigenvalue weighted by atomic mass is 10.2. The van der Waals surface area contributed by atoms with E-state index in [0.717, 1.165) is 48.3 Å². The zero-order valence-corrected chi connectivity index (χ0v) is 16.6. The molecule has 138 valence electrons. The summed E-state index contributed by atoms with van der Waals surface area (Å²) < 4.78 is 0. The summed E-state index contributed by atoms with van der Waals surface area (Å²) in [4.78, 5) is 16.4. The fourth-order valence-corrected chi connectivity index (χ4v) is 4.18. The van der Waals surface area contributed by atoms with Crippen LogP contribution < -0.4 is 15.1 Å². The van der Waals surface area contributed by atoms with E-state index in [1.54, 1.807) is 16.7 Å². The van der Waals surface area contributed by atoms with Crippen molar-refractivity contribution in [3.05, 3.63) is 59.1 Å². The molecule has 26 heavy (non-hydrogen) atoms. The molecule has 4 nitrogen and oxygen atoms in total. The van der Waals surface area contributed by atoms with Crippen LogP contribution in [-0.2, 0) is 11.3 Å². The molecule has 0 aromatic heterocycles. The van der Waals surface area contributed by atoms with Gasteiger partial charge in [0.1, 0.15) is 32.7 Å². The standard InChI is InChI=1S/C20H24ClN3OS/c1-26-19-8-3-2-7-18(19)22-20(25)15-24-11-9-23(10-12-24)14-16-5-4-6-17(21)13-16/h2-8,13H,9-12,14-15H2,1H3,(H,22,25)/p+2. The van der Waals surface area contributed by atoms with Crippen LogP contribution in [0.3, 0.4) is 0 Å². The van der Waals surface area contributed by atoms with Crippen molar-refractivity contribution in [3.8, 4) is 0 Å². The maximum Gasteiger partial charge on any atom is 0.279 e. The highest BCUT2D eigenvalue weighted by molar-refractivity contribution is 7.98. The Labute approximate surface area is 164 Å². The number of benzene rings is 2. The van der Waals surface area contributed by atoms with Gasteiger partial charge in [-0.15, -0.1) is 11.8 Å². The largest absolute Gasteiger partial charge is 0.322 e. The van der Waals surface area contributed by atoms with E-state index in [1.807, 2.05) is 48.7 Å². The van der Waals surface area contributed by atoms with Gasteiger partial charge >= 0.3 is 0 Å². The Bertz CT molecular complexity index is 747. The van der Waals surface area contributed by atoms with Gasteiger partial charge in [-0.2, -0.15) is 0 Å². The predicted molar refractivity (Wildman–Crippen MR) is 108 cm³/mol. The quantitative estimate of drug-likeness (QED) is 0.642. The number of anilines is 1. The van der Waals surface area contributed by atoms with Crippen molar-refractivity contribution in [3.63, 3.8) is 0 Å². The number of rotatable bonds is 6. The third-order valence-corrected chi connectivity index (χ3v) is 5.83. The van der Waals surface area contributed by atoms with E-state index < -0.39 is 0 Å². The Balaban J connectivity index is 1.45. The highest BCUT2D eigenvalue weighted by Crippen LogP contribution is 2.24. The van der Waals surface area contributed by atoms with E-state index in [9.17, 15) is 4.79 Å².